The molecule has 8 heteroatoms. The maximum atomic E-state index is 12.9. The summed E-state index contributed by atoms with van der Waals surface area (Å²) in [5, 5.41) is 3.03. The minimum atomic E-state index is -3.75. The van der Waals surface area contributed by atoms with Gasteiger partial charge in [-0.2, -0.15) is 4.31 Å². The highest BCUT2D eigenvalue weighted by atomic mass is 32.2. The summed E-state index contributed by atoms with van der Waals surface area (Å²) in [7, 11) is -3.75. The number of primary amides is 1. The Morgan fingerprint density at radius 3 is 2.65 bits per heavy atom. The van der Waals surface area contributed by atoms with E-state index in [1.165, 1.54) is 16.4 Å². The molecule has 1 aliphatic rings. The Morgan fingerprint density at radius 2 is 2.05 bits per heavy atom. The SMILES string of the molecule is NC(=O)CC1CNCCN1S(=O)(=O)c1ccc(F)cc1. The molecule has 1 aromatic carbocycles. The van der Waals surface area contributed by atoms with E-state index >= 15 is 0 Å². The highest BCUT2D eigenvalue weighted by Gasteiger charge is 2.34. The van der Waals surface area contributed by atoms with Crippen molar-refractivity contribution in [1.82, 2.24) is 9.62 Å². The van der Waals surface area contributed by atoms with Gasteiger partial charge in [-0.1, -0.05) is 0 Å². The molecule has 0 aliphatic carbocycles. The molecule has 6 nitrogen and oxygen atoms in total. The van der Waals surface area contributed by atoms with Gasteiger partial charge >= 0.3 is 0 Å². The molecule has 110 valence electrons. The third-order valence-corrected chi connectivity index (χ3v) is 5.12. The van der Waals surface area contributed by atoms with Gasteiger partial charge in [0, 0.05) is 32.1 Å². The van der Waals surface area contributed by atoms with E-state index in [9.17, 15) is 17.6 Å². The molecule has 2 rings (SSSR count). The summed E-state index contributed by atoms with van der Waals surface area (Å²) in [4.78, 5) is 11.1. The van der Waals surface area contributed by atoms with Crippen molar-refractivity contribution in [3.8, 4) is 0 Å². The van der Waals surface area contributed by atoms with E-state index in [0.29, 0.717) is 13.1 Å². The first kappa shape index (κ1) is 14.9. The fourth-order valence-corrected chi connectivity index (χ4v) is 3.83. The van der Waals surface area contributed by atoms with E-state index in [2.05, 4.69) is 5.32 Å². The molecule has 1 unspecified atom stereocenters. The molecule has 1 amide bonds. The van der Waals surface area contributed by atoms with Crippen LogP contribution >= 0.6 is 0 Å². The first-order valence-corrected chi connectivity index (χ1v) is 7.61. The Hall–Kier alpha value is -1.51. The van der Waals surface area contributed by atoms with Gasteiger partial charge < -0.3 is 11.1 Å². The van der Waals surface area contributed by atoms with E-state index in [0.717, 1.165) is 12.1 Å². The van der Waals surface area contributed by atoms with Crippen LogP contribution in [0.1, 0.15) is 6.42 Å². The zero-order valence-electron chi connectivity index (χ0n) is 10.8. The number of nitrogens with one attached hydrogen (secondary N) is 1. The fraction of sp³-hybridized carbons (Fsp3) is 0.417. The number of nitrogens with zero attached hydrogens (tertiary/aromatic N) is 1. The van der Waals surface area contributed by atoms with E-state index in [-0.39, 0.29) is 17.9 Å². The molecule has 0 radical (unpaired) electrons. The average Bonchev–Trinajstić information content (AvgIpc) is 2.39. The van der Waals surface area contributed by atoms with E-state index in [1.807, 2.05) is 0 Å². The lowest BCUT2D eigenvalue weighted by Crippen LogP contribution is -2.54. The van der Waals surface area contributed by atoms with Gasteiger partial charge in [0.2, 0.25) is 15.9 Å². The number of benzene rings is 1. The van der Waals surface area contributed by atoms with Crippen LogP contribution in [0.3, 0.4) is 0 Å². The zero-order chi connectivity index (χ0) is 14.8. The Labute approximate surface area is 116 Å². The smallest absolute Gasteiger partial charge is 0.243 e. The maximum Gasteiger partial charge on any atom is 0.243 e. The molecule has 20 heavy (non-hydrogen) atoms. The molecule has 1 saturated heterocycles. The van der Waals surface area contributed by atoms with Gasteiger partial charge in [0.1, 0.15) is 5.82 Å². The van der Waals surface area contributed by atoms with Gasteiger partial charge in [0.25, 0.3) is 0 Å². The van der Waals surface area contributed by atoms with E-state index in [1.54, 1.807) is 0 Å². The van der Waals surface area contributed by atoms with Gasteiger partial charge in [0.05, 0.1) is 4.90 Å². The Kier molecular flexibility index (Phi) is 4.36. The highest BCUT2D eigenvalue weighted by Crippen LogP contribution is 2.21. The largest absolute Gasteiger partial charge is 0.370 e. The van der Waals surface area contributed by atoms with Crippen LogP contribution in [0.4, 0.5) is 4.39 Å². The van der Waals surface area contributed by atoms with Gasteiger partial charge in [0.15, 0.2) is 0 Å². The van der Waals surface area contributed by atoms with Crippen LogP contribution in [0.5, 0.6) is 0 Å². The summed E-state index contributed by atoms with van der Waals surface area (Å²) in [5.74, 6) is -1.06. The first-order chi connectivity index (χ1) is 9.41. The zero-order valence-corrected chi connectivity index (χ0v) is 11.6. The highest BCUT2D eigenvalue weighted by molar-refractivity contribution is 7.89. The fourth-order valence-electron chi connectivity index (χ4n) is 2.21. The van der Waals surface area contributed by atoms with Crippen LogP contribution in [-0.4, -0.2) is 44.3 Å². The van der Waals surface area contributed by atoms with Crippen LogP contribution in [0.2, 0.25) is 0 Å². The van der Waals surface area contributed by atoms with Crippen molar-refractivity contribution in [3.05, 3.63) is 30.1 Å². The van der Waals surface area contributed by atoms with Crippen molar-refractivity contribution in [1.29, 1.82) is 0 Å². The molecule has 3 N–H and O–H groups in total. The molecule has 1 fully saturated rings. The van der Waals surface area contributed by atoms with Crippen LogP contribution in [0.25, 0.3) is 0 Å². The molecular formula is C12H16FN3O3S. The van der Waals surface area contributed by atoms with E-state index < -0.39 is 27.8 Å². The Bertz CT molecular complexity index is 588. The lowest BCUT2D eigenvalue weighted by molar-refractivity contribution is -0.118. The second-order valence-electron chi connectivity index (χ2n) is 4.60. The summed E-state index contributed by atoms with van der Waals surface area (Å²) in [5.41, 5.74) is 5.15. The average molecular weight is 301 g/mol. The Balaban J connectivity index is 2.30. The first-order valence-electron chi connectivity index (χ1n) is 6.17. The molecule has 1 aromatic rings. The van der Waals surface area contributed by atoms with Crippen molar-refractivity contribution < 1.29 is 17.6 Å². The van der Waals surface area contributed by atoms with Crippen LogP contribution in [-0.2, 0) is 14.8 Å². The normalized spacial score (nSPS) is 20.8. The second kappa shape index (κ2) is 5.86. The molecule has 0 aromatic heterocycles. The van der Waals surface area contributed by atoms with E-state index in [4.69, 9.17) is 5.73 Å². The number of amides is 1. The number of carbonyl (C=O) groups excluding carboxylic acids is 1. The molecule has 1 atom stereocenters. The van der Waals surface area contributed by atoms with Crippen molar-refractivity contribution in [2.75, 3.05) is 19.6 Å². The quantitative estimate of drug-likeness (QED) is 0.796. The van der Waals surface area contributed by atoms with Crippen LogP contribution < -0.4 is 11.1 Å². The predicted octanol–water partition coefficient (Wildman–Crippen LogP) is -0.336. The van der Waals surface area contributed by atoms with Crippen molar-refractivity contribution in [2.45, 2.75) is 17.4 Å². The molecule has 1 heterocycles. The van der Waals surface area contributed by atoms with Gasteiger partial charge in [-0.05, 0) is 24.3 Å². The number of sulfonamides is 1. The molecule has 0 saturated carbocycles. The standard InChI is InChI=1S/C12H16FN3O3S/c13-9-1-3-11(4-2-9)20(18,19)16-6-5-15-8-10(16)7-12(14)17/h1-4,10,15H,5-8H2,(H2,14,17). The minimum absolute atomic E-state index is 0.00951. The lowest BCUT2D eigenvalue weighted by atomic mass is 10.1. The number of carbonyl (C=O) groups is 1. The number of hydrogen-bond acceptors (Lipinski definition) is 4. The summed E-state index contributed by atoms with van der Waals surface area (Å²) < 4.78 is 39.2. The van der Waals surface area contributed by atoms with Gasteiger partial charge in [-0.25, -0.2) is 12.8 Å². The maximum absolute atomic E-state index is 12.9. The van der Waals surface area contributed by atoms with Gasteiger partial charge in [-0.3, -0.25) is 4.79 Å². The lowest BCUT2D eigenvalue weighted by Gasteiger charge is -2.34. The third kappa shape index (κ3) is 3.14. The second-order valence-corrected chi connectivity index (χ2v) is 6.49. The number of rotatable bonds is 4. The summed E-state index contributed by atoms with van der Waals surface area (Å²) >= 11 is 0. The third-order valence-electron chi connectivity index (χ3n) is 3.15. The predicted molar refractivity (Wildman–Crippen MR) is 70.8 cm³/mol. The van der Waals surface area contributed by atoms with Crippen LogP contribution in [0.15, 0.2) is 29.2 Å². The number of halogens is 1. The summed E-state index contributed by atoms with van der Waals surface area (Å²) in [6, 6.07) is 4.11. The Morgan fingerprint density at radius 1 is 1.40 bits per heavy atom. The monoisotopic (exact) mass is 301 g/mol. The van der Waals surface area contributed by atoms with Crippen molar-refractivity contribution in [2.24, 2.45) is 5.73 Å². The minimum Gasteiger partial charge on any atom is -0.370 e. The topological polar surface area (TPSA) is 92.5 Å². The number of hydrogen-bond donors (Lipinski definition) is 2. The summed E-state index contributed by atoms with van der Waals surface area (Å²) in [6.45, 7) is 1.11. The summed E-state index contributed by atoms with van der Waals surface area (Å²) in [6.07, 6.45) is -0.0482. The molecular weight excluding hydrogens is 285 g/mol. The molecule has 1 aliphatic heterocycles. The van der Waals surface area contributed by atoms with Crippen molar-refractivity contribution in [3.63, 3.8) is 0 Å². The van der Waals surface area contributed by atoms with Crippen LogP contribution in [0, 0.1) is 5.82 Å². The number of piperazine rings is 1. The number of nitrogens with two attached hydrogens (primary N) is 1. The van der Waals surface area contributed by atoms with Crippen molar-refractivity contribution >= 4 is 15.9 Å². The molecule has 0 bridgehead atoms. The molecule has 0 spiro atoms. The van der Waals surface area contributed by atoms with Gasteiger partial charge in [-0.15, -0.1) is 0 Å².